The minimum atomic E-state index is -1.10. The van der Waals surface area contributed by atoms with Gasteiger partial charge >= 0.3 is 5.97 Å². The maximum absolute atomic E-state index is 10.9. The zero-order chi connectivity index (χ0) is 15.4. The van der Waals surface area contributed by atoms with Crippen LogP contribution >= 0.6 is 11.6 Å². The molecule has 0 bridgehead atoms. The summed E-state index contributed by atoms with van der Waals surface area (Å²) in [6.07, 6.45) is 0. The summed E-state index contributed by atoms with van der Waals surface area (Å²) in [5.41, 5.74) is 0.497. The average molecular weight is 309 g/mol. The molecule has 0 atom stereocenters. The minimum Gasteiger partial charge on any atom is -0.495 e. The van der Waals surface area contributed by atoms with Crippen LogP contribution < -0.4 is 14.8 Å². The number of hydrogen-bond acceptors (Lipinski definition) is 5. The molecule has 0 aliphatic rings. The Hall–Kier alpha value is -2.47. The third kappa shape index (κ3) is 3.35. The van der Waals surface area contributed by atoms with Crippen molar-refractivity contribution in [3.05, 3.63) is 41.0 Å². The highest BCUT2D eigenvalue weighted by Crippen LogP contribution is 2.37. The Balaban J connectivity index is 2.37. The SMILES string of the molecule is COc1cc(OC)c(Nc2cccc(C(=O)O)n2)cc1Cl. The number of carbonyl (C=O) groups is 1. The summed E-state index contributed by atoms with van der Waals surface area (Å²) in [4.78, 5) is 14.9. The summed E-state index contributed by atoms with van der Waals surface area (Å²) in [6.45, 7) is 0. The van der Waals surface area contributed by atoms with E-state index in [0.29, 0.717) is 28.0 Å². The van der Waals surface area contributed by atoms with Gasteiger partial charge in [0.1, 0.15) is 17.3 Å². The average Bonchev–Trinajstić information content (AvgIpc) is 2.48. The Labute approximate surface area is 126 Å². The Bertz CT molecular complexity index is 676. The zero-order valence-electron chi connectivity index (χ0n) is 11.4. The van der Waals surface area contributed by atoms with E-state index in [9.17, 15) is 4.79 Å². The number of aromatic nitrogens is 1. The number of carboxylic acid groups (broad SMARTS) is 1. The quantitative estimate of drug-likeness (QED) is 0.883. The smallest absolute Gasteiger partial charge is 0.354 e. The molecule has 0 amide bonds. The summed E-state index contributed by atoms with van der Waals surface area (Å²) in [5, 5.41) is 12.3. The normalized spacial score (nSPS) is 10.0. The second kappa shape index (κ2) is 6.32. The highest BCUT2D eigenvalue weighted by atomic mass is 35.5. The second-order valence-electron chi connectivity index (χ2n) is 4.03. The van der Waals surface area contributed by atoms with Crippen LogP contribution in [-0.2, 0) is 0 Å². The second-order valence-corrected chi connectivity index (χ2v) is 4.43. The van der Waals surface area contributed by atoms with Crippen LogP contribution in [0.2, 0.25) is 5.02 Å². The van der Waals surface area contributed by atoms with Gasteiger partial charge in [0.25, 0.3) is 0 Å². The van der Waals surface area contributed by atoms with Crippen LogP contribution in [0.3, 0.4) is 0 Å². The van der Waals surface area contributed by atoms with E-state index in [-0.39, 0.29) is 5.69 Å². The number of pyridine rings is 1. The molecule has 0 unspecified atom stereocenters. The topological polar surface area (TPSA) is 80.7 Å². The molecule has 7 heteroatoms. The molecule has 2 rings (SSSR count). The largest absolute Gasteiger partial charge is 0.495 e. The lowest BCUT2D eigenvalue weighted by Crippen LogP contribution is -2.03. The van der Waals surface area contributed by atoms with Crippen LogP contribution in [0.15, 0.2) is 30.3 Å². The molecule has 0 aliphatic heterocycles. The first kappa shape index (κ1) is 14.9. The third-order valence-electron chi connectivity index (χ3n) is 2.70. The number of ether oxygens (including phenoxy) is 2. The van der Waals surface area contributed by atoms with Gasteiger partial charge in [-0.2, -0.15) is 0 Å². The molecule has 1 aromatic heterocycles. The molecule has 1 aromatic carbocycles. The van der Waals surface area contributed by atoms with E-state index in [0.717, 1.165) is 0 Å². The Morgan fingerprint density at radius 2 is 1.95 bits per heavy atom. The molecule has 21 heavy (non-hydrogen) atoms. The lowest BCUT2D eigenvalue weighted by Gasteiger charge is -2.13. The summed E-state index contributed by atoms with van der Waals surface area (Å²) < 4.78 is 10.4. The Morgan fingerprint density at radius 1 is 1.24 bits per heavy atom. The molecular formula is C14H13ClN2O4. The van der Waals surface area contributed by atoms with Gasteiger partial charge in [0.2, 0.25) is 0 Å². The maximum atomic E-state index is 10.9. The summed E-state index contributed by atoms with van der Waals surface area (Å²) in [5.74, 6) is 0.248. The number of halogens is 1. The van der Waals surface area contributed by atoms with Crippen molar-refractivity contribution < 1.29 is 19.4 Å². The van der Waals surface area contributed by atoms with Gasteiger partial charge < -0.3 is 19.9 Å². The van der Waals surface area contributed by atoms with Gasteiger partial charge in [0, 0.05) is 6.07 Å². The molecule has 0 fully saturated rings. The highest BCUT2D eigenvalue weighted by molar-refractivity contribution is 6.32. The molecule has 6 nitrogen and oxygen atoms in total. The number of nitrogens with one attached hydrogen (secondary N) is 1. The van der Waals surface area contributed by atoms with Crippen molar-refractivity contribution in [3.63, 3.8) is 0 Å². The Kier molecular flexibility index (Phi) is 4.49. The minimum absolute atomic E-state index is 0.0569. The van der Waals surface area contributed by atoms with Crippen LogP contribution in [0.25, 0.3) is 0 Å². The van der Waals surface area contributed by atoms with Crippen LogP contribution in [0.4, 0.5) is 11.5 Å². The lowest BCUT2D eigenvalue weighted by atomic mass is 10.2. The van der Waals surface area contributed by atoms with Crippen molar-refractivity contribution in [2.45, 2.75) is 0 Å². The van der Waals surface area contributed by atoms with Crippen LogP contribution in [0.5, 0.6) is 11.5 Å². The van der Waals surface area contributed by atoms with Crippen molar-refractivity contribution in [3.8, 4) is 11.5 Å². The van der Waals surface area contributed by atoms with Crippen molar-refractivity contribution in [1.29, 1.82) is 0 Å². The van der Waals surface area contributed by atoms with E-state index in [1.54, 1.807) is 24.3 Å². The number of anilines is 2. The number of aromatic carboxylic acids is 1. The first-order valence-electron chi connectivity index (χ1n) is 5.94. The van der Waals surface area contributed by atoms with E-state index in [2.05, 4.69) is 10.3 Å². The zero-order valence-corrected chi connectivity index (χ0v) is 12.1. The molecular weight excluding hydrogens is 296 g/mol. The van der Waals surface area contributed by atoms with Crippen LogP contribution in [0.1, 0.15) is 10.5 Å². The van der Waals surface area contributed by atoms with E-state index in [1.807, 2.05) is 0 Å². The Morgan fingerprint density at radius 3 is 2.57 bits per heavy atom. The van der Waals surface area contributed by atoms with Crippen molar-refractivity contribution in [2.75, 3.05) is 19.5 Å². The number of nitrogens with zero attached hydrogens (tertiary/aromatic N) is 1. The molecule has 1 heterocycles. The first-order valence-corrected chi connectivity index (χ1v) is 6.32. The van der Waals surface area contributed by atoms with Crippen LogP contribution in [-0.4, -0.2) is 30.3 Å². The molecule has 2 aromatic rings. The van der Waals surface area contributed by atoms with Gasteiger partial charge in [-0.1, -0.05) is 17.7 Å². The van der Waals surface area contributed by atoms with Crippen LogP contribution in [0, 0.1) is 0 Å². The predicted octanol–water partition coefficient (Wildman–Crippen LogP) is 3.19. The van der Waals surface area contributed by atoms with Crippen molar-refractivity contribution in [2.24, 2.45) is 0 Å². The van der Waals surface area contributed by atoms with Gasteiger partial charge in [-0.25, -0.2) is 9.78 Å². The monoisotopic (exact) mass is 308 g/mol. The molecule has 110 valence electrons. The van der Waals surface area contributed by atoms with Crippen molar-refractivity contribution >= 4 is 29.1 Å². The number of rotatable bonds is 5. The molecule has 2 N–H and O–H groups in total. The van der Waals surface area contributed by atoms with Gasteiger partial charge in [0.05, 0.1) is 24.9 Å². The molecule has 0 aliphatic carbocycles. The number of methoxy groups -OCH3 is 2. The van der Waals surface area contributed by atoms with E-state index in [4.69, 9.17) is 26.2 Å². The lowest BCUT2D eigenvalue weighted by molar-refractivity contribution is 0.0690. The van der Waals surface area contributed by atoms with Gasteiger partial charge in [0.15, 0.2) is 5.69 Å². The standard InChI is InChI=1S/C14H13ClN2O4/c1-20-11-7-12(21-2)10(6-8(11)15)17-13-5-3-4-9(16-13)14(18)19/h3-7H,1-2H3,(H,16,17)(H,18,19). The number of benzene rings is 1. The fourth-order valence-corrected chi connectivity index (χ4v) is 1.96. The van der Waals surface area contributed by atoms with E-state index >= 15 is 0 Å². The van der Waals surface area contributed by atoms with E-state index < -0.39 is 5.97 Å². The summed E-state index contributed by atoms with van der Waals surface area (Å²) >= 11 is 6.07. The highest BCUT2D eigenvalue weighted by Gasteiger charge is 2.11. The molecule has 0 saturated carbocycles. The fourth-order valence-electron chi connectivity index (χ4n) is 1.72. The number of hydrogen-bond donors (Lipinski definition) is 2. The van der Waals surface area contributed by atoms with E-state index in [1.165, 1.54) is 20.3 Å². The van der Waals surface area contributed by atoms with Gasteiger partial charge in [-0.05, 0) is 18.2 Å². The third-order valence-corrected chi connectivity index (χ3v) is 3.00. The predicted molar refractivity (Wildman–Crippen MR) is 79.0 cm³/mol. The summed E-state index contributed by atoms with van der Waals surface area (Å²) in [6, 6.07) is 7.90. The number of carboxylic acids is 1. The molecule has 0 radical (unpaired) electrons. The molecule has 0 saturated heterocycles. The van der Waals surface area contributed by atoms with Gasteiger partial charge in [-0.3, -0.25) is 0 Å². The maximum Gasteiger partial charge on any atom is 0.354 e. The van der Waals surface area contributed by atoms with Gasteiger partial charge in [-0.15, -0.1) is 0 Å². The molecule has 0 spiro atoms. The first-order chi connectivity index (χ1) is 10.0. The van der Waals surface area contributed by atoms with Crippen molar-refractivity contribution in [1.82, 2.24) is 4.98 Å². The fraction of sp³-hybridized carbons (Fsp3) is 0.143. The summed E-state index contributed by atoms with van der Waals surface area (Å²) in [7, 11) is 3.01.